The van der Waals surface area contributed by atoms with E-state index in [1.807, 2.05) is 50.3 Å². The Morgan fingerprint density at radius 1 is 1.30 bits per heavy atom. The molecule has 0 saturated heterocycles. The molecule has 0 bridgehead atoms. The molecule has 0 radical (unpaired) electrons. The summed E-state index contributed by atoms with van der Waals surface area (Å²) in [6, 6.07) is 9.70. The van der Waals surface area contributed by atoms with E-state index in [1.165, 1.54) is 6.08 Å². The number of nitrogens with one attached hydrogen (secondary N) is 1. The largest absolute Gasteiger partial charge is 0.460 e. The summed E-state index contributed by atoms with van der Waals surface area (Å²) in [5.74, 6) is 0.696. The van der Waals surface area contributed by atoms with Crippen molar-refractivity contribution in [2.45, 2.75) is 20.3 Å². The number of carbonyl (C=O) groups is 1. The first-order valence-electron chi connectivity index (χ1n) is 7.59. The van der Waals surface area contributed by atoms with Gasteiger partial charge in [-0.25, -0.2) is 0 Å². The maximum absolute atomic E-state index is 12.1. The van der Waals surface area contributed by atoms with Crippen LogP contribution in [0.4, 0.5) is 5.69 Å². The lowest BCUT2D eigenvalue weighted by Gasteiger charge is -2.04. The average Bonchev–Trinajstić information content (AvgIpc) is 2.93. The van der Waals surface area contributed by atoms with Crippen molar-refractivity contribution in [2.75, 3.05) is 5.32 Å². The molecule has 23 heavy (non-hydrogen) atoms. The number of nitrogens with zero attached hydrogens (tertiary/aromatic N) is 1. The highest BCUT2D eigenvalue weighted by atomic mass is 16.3. The van der Waals surface area contributed by atoms with Crippen LogP contribution in [0.3, 0.4) is 0 Å². The standard InChI is InChI=1S/C19H18N2O2/c1-3-17-15(14-6-4-5-7-18(14)23-17)8-9-19(22)21-16-12-20-11-10-13(16)2/h4-12H,3H2,1-2H3,(H,21,22)/b9-8+. The Morgan fingerprint density at radius 3 is 2.91 bits per heavy atom. The fourth-order valence-electron chi connectivity index (χ4n) is 2.49. The molecule has 0 aliphatic heterocycles. The zero-order chi connectivity index (χ0) is 16.2. The summed E-state index contributed by atoms with van der Waals surface area (Å²) in [7, 11) is 0. The molecule has 0 spiro atoms. The van der Waals surface area contributed by atoms with Crippen molar-refractivity contribution in [3.05, 3.63) is 65.7 Å². The van der Waals surface area contributed by atoms with E-state index < -0.39 is 0 Å². The SMILES string of the molecule is CCc1oc2ccccc2c1/C=C/C(=O)Nc1cnccc1C. The van der Waals surface area contributed by atoms with E-state index in [4.69, 9.17) is 4.42 Å². The van der Waals surface area contributed by atoms with Gasteiger partial charge in [-0.05, 0) is 30.7 Å². The Balaban J connectivity index is 1.85. The van der Waals surface area contributed by atoms with E-state index in [9.17, 15) is 4.79 Å². The number of hydrogen-bond acceptors (Lipinski definition) is 3. The fraction of sp³-hybridized carbons (Fsp3) is 0.158. The summed E-state index contributed by atoms with van der Waals surface area (Å²) in [6.45, 7) is 3.97. The molecule has 1 amide bonds. The van der Waals surface area contributed by atoms with Crippen LogP contribution in [0.15, 0.2) is 53.2 Å². The summed E-state index contributed by atoms with van der Waals surface area (Å²) in [5, 5.41) is 3.86. The Hall–Kier alpha value is -2.88. The minimum Gasteiger partial charge on any atom is -0.460 e. The molecular weight excluding hydrogens is 288 g/mol. The van der Waals surface area contributed by atoms with Crippen LogP contribution in [0.25, 0.3) is 17.0 Å². The van der Waals surface area contributed by atoms with E-state index in [2.05, 4.69) is 10.3 Å². The number of amides is 1. The quantitative estimate of drug-likeness (QED) is 0.729. The van der Waals surface area contributed by atoms with Gasteiger partial charge >= 0.3 is 0 Å². The first-order chi connectivity index (χ1) is 11.2. The Morgan fingerprint density at radius 2 is 2.13 bits per heavy atom. The first kappa shape index (κ1) is 15.0. The molecule has 4 heteroatoms. The molecule has 0 aliphatic rings. The number of aryl methyl sites for hydroxylation is 2. The minimum absolute atomic E-state index is 0.187. The Bertz CT molecular complexity index is 878. The van der Waals surface area contributed by atoms with E-state index in [-0.39, 0.29) is 5.91 Å². The van der Waals surface area contributed by atoms with Crippen LogP contribution in [0.5, 0.6) is 0 Å². The summed E-state index contributed by atoms with van der Waals surface area (Å²) < 4.78 is 5.83. The highest BCUT2D eigenvalue weighted by molar-refractivity contribution is 6.03. The second kappa shape index (κ2) is 6.48. The van der Waals surface area contributed by atoms with Gasteiger partial charge < -0.3 is 9.73 Å². The van der Waals surface area contributed by atoms with Gasteiger partial charge in [0.1, 0.15) is 11.3 Å². The van der Waals surface area contributed by atoms with Crippen LogP contribution in [0.2, 0.25) is 0 Å². The molecule has 0 aliphatic carbocycles. The Labute approximate surface area is 134 Å². The van der Waals surface area contributed by atoms with Crippen LogP contribution >= 0.6 is 0 Å². The molecular formula is C19H18N2O2. The molecule has 1 N–H and O–H groups in total. The number of anilines is 1. The van der Waals surface area contributed by atoms with Crippen molar-refractivity contribution in [1.29, 1.82) is 0 Å². The van der Waals surface area contributed by atoms with Crippen molar-refractivity contribution in [2.24, 2.45) is 0 Å². The van der Waals surface area contributed by atoms with Crippen LogP contribution < -0.4 is 5.32 Å². The van der Waals surface area contributed by atoms with E-state index >= 15 is 0 Å². The van der Waals surface area contributed by atoms with Crippen LogP contribution in [-0.2, 0) is 11.2 Å². The molecule has 2 heterocycles. The summed E-state index contributed by atoms with van der Waals surface area (Å²) in [6.07, 6.45) is 7.46. The number of carbonyl (C=O) groups excluding carboxylic acids is 1. The third-order valence-electron chi connectivity index (χ3n) is 3.73. The number of pyridine rings is 1. The molecule has 1 aromatic carbocycles. The van der Waals surface area contributed by atoms with Crippen molar-refractivity contribution in [3.8, 4) is 0 Å². The molecule has 3 aromatic rings. The summed E-state index contributed by atoms with van der Waals surface area (Å²) in [5.41, 5.74) is 3.49. The maximum Gasteiger partial charge on any atom is 0.248 e. The van der Waals surface area contributed by atoms with E-state index in [0.29, 0.717) is 0 Å². The molecule has 4 nitrogen and oxygen atoms in total. The smallest absolute Gasteiger partial charge is 0.248 e. The second-order valence-corrected chi connectivity index (χ2v) is 5.30. The highest BCUT2D eigenvalue weighted by Gasteiger charge is 2.10. The lowest BCUT2D eigenvalue weighted by atomic mass is 10.1. The van der Waals surface area contributed by atoms with Gasteiger partial charge in [0, 0.05) is 29.6 Å². The average molecular weight is 306 g/mol. The first-order valence-corrected chi connectivity index (χ1v) is 7.59. The lowest BCUT2D eigenvalue weighted by Crippen LogP contribution is -2.09. The normalized spacial score (nSPS) is 11.2. The van der Waals surface area contributed by atoms with Gasteiger partial charge in [-0.2, -0.15) is 0 Å². The molecule has 3 rings (SSSR count). The van der Waals surface area contributed by atoms with E-state index in [0.717, 1.165) is 40.0 Å². The van der Waals surface area contributed by atoms with Gasteiger partial charge in [-0.3, -0.25) is 9.78 Å². The lowest BCUT2D eigenvalue weighted by molar-refractivity contribution is -0.111. The zero-order valence-electron chi connectivity index (χ0n) is 13.2. The number of furan rings is 1. The number of fused-ring (bicyclic) bond motifs is 1. The van der Waals surface area contributed by atoms with Crippen molar-refractivity contribution in [3.63, 3.8) is 0 Å². The van der Waals surface area contributed by atoms with Gasteiger partial charge in [0.2, 0.25) is 5.91 Å². The summed E-state index contributed by atoms with van der Waals surface area (Å²) in [4.78, 5) is 16.2. The minimum atomic E-state index is -0.187. The third kappa shape index (κ3) is 3.16. The fourth-order valence-corrected chi connectivity index (χ4v) is 2.49. The van der Waals surface area contributed by atoms with Gasteiger partial charge in [0.25, 0.3) is 0 Å². The third-order valence-corrected chi connectivity index (χ3v) is 3.73. The maximum atomic E-state index is 12.1. The molecule has 0 unspecified atom stereocenters. The monoisotopic (exact) mass is 306 g/mol. The van der Waals surface area contributed by atoms with Gasteiger partial charge in [-0.1, -0.05) is 25.1 Å². The molecule has 0 saturated carbocycles. The number of aromatic nitrogens is 1. The molecule has 0 atom stereocenters. The van der Waals surface area contributed by atoms with Gasteiger partial charge in [0.15, 0.2) is 0 Å². The molecule has 2 aromatic heterocycles. The number of benzene rings is 1. The highest BCUT2D eigenvalue weighted by Crippen LogP contribution is 2.27. The second-order valence-electron chi connectivity index (χ2n) is 5.30. The van der Waals surface area contributed by atoms with Crippen LogP contribution in [0, 0.1) is 6.92 Å². The van der Waals surface area contributed by atoms with Crippen molar-refractivity contribution in [1.82, 2.24) is 4.98 Å². The van der Waals surface area contributed by atoms with Gasteiger partial charge in [0.05, 0.1) is 11.9 Å². The van der Waals surface area contributed by atoms with Crippen molar-refractivity contribution < 1.29 is 9.21 Å². The van der Waals surface area contributed by atoms with Crippen LogP contribution in [-0.4, -0.2) is 10.9 Å². The number of para-hydroxylation sites is 1. The predicted molar refractivity (Wildman–Crippen MR) is 92.2 cm³/mol. The summed E-state index contributed by atoms with van der Waals surface area (Å²) >= 11 is 0. The Kier molecular flexibility index (Phi) is 4.24. The van der Waals surface area contributed by atoms with Crippen LogP contribution in [0.1, 0.15) is 23.8 Å². The predicted octanol–water partition coefficient (Wildman–Crippen LogP) is 4.35. The van der Waals surface area contributed by atoms with Crippen molar-refractivity contribution >= 4 is 28.6 Å². The molecule has 116 valence electrons. The zero-order valence-corrected chi connectivity index (χ0v) is 13.2. The number of rotatable bonds is 4. The van der Waals surface area contributed by atoms with Gasteiger partial charge in [-0.15, -0.1) is 0 Å². The van der Waals surface area contributed by atoms with E-state index in [1.54, 1.807) is 12.4 Å². The topological polar surface area (TPSA) is 55.1 Å². The number of hydrogen-bond donors (Lipinski definition) is 1. The molecule has 0 fully saturated rings.